The molecule has 90 valence electrons. The Hall–Kier alpha value is -1.66. The Kier molecular flexibility index (Phi) is 2.49. The van der Waals surface area contributed by atoms with Gasteiger partial charge in [-0.05, 0) is 23.4 Å². The molecule has 2 aromatic rings. The van der Waals surface area contributed by atoms with Crippen molar-refractivity contribution in [3.8, 4) is 0 Å². The summed E-state index contributed by atoms with van der Waals surface area (Å²) in [6.07, 6.45) is 1.57. The van der Waals surface area contributed by atoms with Crippen LogP contribution in [0.3, 0.4) is 0 Å². The molecule has 18 heavy (non-hydrogen) atoms. The van der Waals surface area contributed by atoms with Crippen molar-refractivity contribution in [1.29, 1.82) is 0 Å². The number of primary amides is 1. The molecule has 0 saturated heterocycles. The lowest BCUT2D eigenvalue weighted by Gasteiger charge is -2.21. The van der Waals surface area contributed by atoms with Gasteiger partial charge in [0.25, 0.3) is 0 Å². The van der Waals surface area contributed by atoms with Crippen LogP contribution in [0.5, 0.6) is 0 Å². The number of nitrogens with two attached hydrogens (primary N) is 1. The third-order valence-corrected chi connectivity index (χ3v) is 4.88. The predicted molar refractivity (Wildman–Crippen MR) is 69.4 cm³/mol. The van der Waals surface area contributed by atoms with Crippen molar-refractivity contribution < 1.29 is 9.59 Å². The third kappa shape index (κ3) is 1.30. The van der Waals surface area contributed by atoms with Crippen LogP contribution in [0.1, 0.15) is 10.6 Å². The van der Waals surface area contributed by atoms with E-state index in [4.69, 9.17) is 5.73 Å². The molecule has 1 aromatic carbocycles. The molecule has 1 amide bonds. The molecule has 6 heteroatoms. The molecule has 0 bridgehead atoms. The zero-order valence-electron chi connectivity index (χ0n) is 9.12. The average Bonchev–Trinajstić information content (AvgIpc) is 2.93. The first kappa shape index (κ1) is 11.4. The van der Waals surface area contributed by atoms with Gasteiger partial charge in [0.1, 0.15) is 5.01 Å². The van der Waals surface area contributed by atoms with Crippen molar-refractivity contribution >= 4 is 34.1 Å². The van der Waals surface area contributed by atoms with E-state index in [2.05, 4.69) is 4.98 Å². The number of benzene rings is 1. The lowest BCUT2D eigenvalue weighted by molar-refractivity contribution is -0.128. The quantitative estimate of drug-likeness (QED) is 0.845. The van der Waals surface area contributed by atoms with Crippen LogP contribution in [0.15, 0.2) is 40.7 Å². The summed E-state index contributed by atoms with van der Waals surface area (Å²) >= 11 is 2.32. The first-order valence-electron chi connectivity index (χ1n) is 5.19. The van der Waals surface area contributed by atoms with E-state index in [1.807, 2.05) is 12.1 Å². The molecule has 1 aliphatic heterocycles. The van der Waals surface area contributed by atoms with Gasteiger partial charge in [0.15, 0.2) is 5.41 Å². The number of thioether (sulfide) groups is 1. The van der Waals surface area contributed by atoms with E-state index in [1.54, 1.807) is 23.7 Å². The minimum atomic E-state index is -1.42. The molecule has 0 fully saturated rings. The molecule has 1 aromatic heterocycles. The highest BCUT2D eigenvalue weighted by molar-refractivity contribution is 8.14. The van der Waals surface area contributed by atoms with E-state index in [0.29, 0.717) is 10.6 Å². The molecular formula is C12H8N2O2S2. The highest BCUT2D eigenvalue weighted by atomic mass is 32.2. The fourth-order valence-corrected chi connectivity index (χ4v) is 4.16. The van der Waals surface area contributed by atoms with Gasteiger partial charge in [-0.2, -0.15) is 0 Å². The summed E-state index contributed by atoms with van der Waals surface area (Å²) < 4.78 is 0. The number of fused-ring (bicyclic) bond motifs is 1. The van der Waals surface area contributed by atoms with Gasteiger partial charge < -0.3 is 5.73 Å². The van der Waals surface area contributed by atoms with Gasteiger partial charge in [0.05, 0.1) is 0 Å². The maximum atomic E-state index is 12.3. The Balaban J connectivity index is 2.35. The van der Waals surface area contributed by atoms with Gasteiger partial charge >= 0.3 is 0 Å². The number of aromatic nitrogens is 1. The van der Waals surface area contributed by atoms with Crippen LogP contribution in [-0.4, -0.2) is 16.0 Å². The fourth-order valence-electron chi connectivity index (χ4n) is 2.10. The molecule has 1 aliphatic rings. The third-order valence-electron chi connectivity index (χ3n) is 2.92. The Morgan fingerprint density at radius 3 is 2.78 bits per heavy atom. The van der Waals surface area contributed by atoms with E-state index in [1.165, 1.54) is 11.3 Å². The van der Waals surface area contributed by atoms with Gasteiger partial charge in [-0.25, -0.2) is 4.98 Å². The average molecular weight is 276 g/mol. The van der Waals surface area contributed by atoms with Crippen molar-refractivity contribution in [2.24, 2.45) is 5.73 Å². The largest absolute Gasteiger partial charge is 0.368 e. The van der Waals surface area contributed by atoms with Gasteiger partial charge in [0.2, 0.25) is 11.0 Å². The molecule has 0 spiro atoms. The van der Waals surface area contributed by atoms with Crippen LogP contribution < -0.4 is 5.73 Å². The van der Waals surface area contributed by atoms with E-state index in [-0.39, 0.29) is 5.12 Å². The van der Waals surface area contributed by atoms with Gasteiger partial charge in [0, 0.05) is 16.5 Å². The molecular weight excluding hydrogens is 268 g/mol. The van der Waals surface area contributed by atoms with Crippen LogP contribution >= 0.6 is 23.1 Å². The standard InChI is InChI=1S/C12H8N2O2S2/c13-9(15)12(10-14-5-6-17-10)7-3-1-2-4-8(7)18-11(12)16/h1-6H,(H2,13,15). The van der Waals surface area contributed by atoms with Crippen molar-refractivity contribution in [3.05, 3.63) is 46.4 Å². The first-order valence-corrected chi connectivity index (χ1v) is 6.88. The van der Waals surface area contributed by atoms with Crippen molar-refractivity contribution in [2.45, 2.75) is 10.3 Å². The highest BCUT2D eigenvalue weighted by Crippen LogP contribution is 2.49. The lowest BCUT2D eigenvalue weighted by atomic mass is 9.81. The summed E-state index contributed by atoms with van der Waals surface area (Å²) in [7, 11) is 0. The number of rotatable bonds is 2. The summed E-state index contributed by atoms with van der Waals surface area (Å²) in [6, 6.07) is 7.21. The smallest absolute Gasteiger partial charge is 0.243 e. The number of thiazole rings is 1. The second kappa shape index (κ2) is 3.93. The van der Waals surface area contributed by atoms with Gasteiger partial charge in [-0.3, -0.25) is 9.59 Å². The van der Waals surface area contributed by atoms with Gasteiger partial charge in [-0.15, -0.1) is 11.3 Å². The Labute approximate surface area is 111 Å². The zero-order valence-corrected chi connectivity index (χ0v) is 10.8. The number of amides is 1. The summed E-state index contributed by atoms with van der Waals surface area (Å²) in [5, 5.41) is 1.91. The summed E-state index contributed by atoms with van der Waals surface area (Å²) in [6.45, 7) is 0. The number of hydrogen-bond acceptors (Lipinski definition) is 5. The highest BCUT2D eigenvalue weighted by Gasteiger charge is 2.55. The van der Waals surface area contributed by atoms with Crippen molar-refractivity contribution in [1.82, 2.24) is 4.98 Å². The summed E-state index contributed by atoms with van der Waals surface area (Å²) in [5.41, 5.74) is 4.74. The Morgan fingerprint density at radius 1 is 1.33 bits per heavy atom. The molecule has 2 heterocycles. The van der Waals surface area contributed by atoms with Crippen LogP contribution in [0.4, 0.5) is 0 Å². The second-order valence-electron chi connectivity index (χ2n) is 3.84. The maximum absolute atomic E-state index is 12.3. The predicted octanol–water partition coefficient (Wildman–Crippen LogP) is 1.55. The molecule has 4 nitrogen and oxygen atoms in total. The number of nitrogens with zero attached hydrogens (tertiary/aromatic N) is 1. The van der Waals surface area contributed by atoms with Crippen molar-refractivity contribution in [3.63, 3.8) is 0 Å². The summed E-state index contributed by atoms with van der Waals surface area (Å²) in [4.78, 5) is 29.2. The summed E-state index contributed by atoms with van der Waals surface area (Å²) in [5.74, 6) is -0.667. The maximum Gasteiger partial charge on any atom is 0.243 e. The fraction of sp³-hybridized carbons (Fsp3) is 0.0833. The molecule has 0 radical (unpaired) electrons. The Bertz CT molecular complexity index is 639. The van der Waals surface area contributed by atoms with Crippen molar-refractivity contribution in [2.75, 3.05) is 0 Å². The van der Waals surface area contributed by atoms with E-state index in [9.17, 15) is 9.59 Å². The zero-order chi connectivity index (χ0) is 12.8. The molecule has 1 unspecified atom stereocenters. The van der Waals surface area contributed by atoms with Crippen LogP contribution in [0, 0.1) is 0 Å². The SMILES string of the molecule is NC(=O)C1(c2nccs2)C(=O)Sc2ccccc21. The lowest BCUT2D eigenvalue weighted by Crippen LogP contribution is -2.45. The number of hydrogen-bond donors (Lipinski definition) is 1. The van der Waals surface area contributed by atoms with Crippen LogP contribution in [-0.2, 0) is 15.0 Å². The van der Waals surface area contributed by atoms with Crippen LogP contribution in [0.2, 0.25) is 0 Å². The van der Waals surface area contributed by atoms with E-state index < -0.39 is 11.3 Å². The van der Waals surface area contributed by atoms with E-state index in [0.717, 1.165) is 16.7 Å². The molecule has 2 N–H and O–H groups in total. The topological polar surface area (TPSA) is 73.1 Å². The minimum Gasteiger partial charge on any atom is -0.368 e. The number of carbonyl (C=O) groups is 2. The van der Waals surface area contributed by atoms with E-state index >= 15 is 0 Å². The second-order valence-corrected chi connectivity index (χ2v) is 5.75. The molecule has 0 aliphatic carbocycles. The first-order chi connectivity index (χ1) is 8.67. The van der Waals surface area contributed by atoms with Gasteiger partial charge in [-0.1, -0.05) is 18.2 Å². The molecule has 1 atom stereocenters. The van der Waals surface area contributed by atoms with Crippen LogP contribution in [0.25, 0.3) is 0 Å². The normalized spacial score (nSPS) is 21.9. The Morgan fingerprint density at radius 2 is 2.11 bits per heavy atom. The minimum absolute atomic E-state index is 0.272. The molecule has 3 rings (SSSR count). The molecule has 0 saturated carbocycles. The number of carbonyl (C=O) groups excluding carboxylic acids is 2. The monoisotopic (exact) mass is 276 g/mol.